The number of unbranched alkanes of at least 4 members (excludes halogenated alkanes) is 2. The van der Waals surface area contributed by atoms with Gasteiger partial charge in [0.15, 0.2) is 10.7 Å². The van der Waals surface area contributed by atoms with Gasteiger partial charge in [-0.25, -0.2) is 17.6 Å². The molecule has 1 saturated carbocycles. The summed E-state index contributed by atoms with van der Waals surface area (Å²) < 4.78 is 121. The first-order chi connectivity index (χ1) is 16.1. The van der Waals surface area contributed by atoms with Crippen molar-refractivity contribution in [2.45, 2.75) is 75.0 Å². The van der Waals surface area contributed by atoms with Crippen LogP contribution in [0, 0.1) is 11.6 Å². The van der Waals surface area contributed by atoms with Gasteiger partial charge >= 0.3 is 10.2 Å². The molecule has 2 aromatic carbocycles. The number of allylic oxidation sites excluding steroid dienone is 1. The minimum Gasteiger partial charge on any atom is -0.209 e. The lowest BCUT2D eigenvalue weighted by Gasteiger charge is -2.41. The lowest BCUT2D eigenvalue weighted by atomic mass is 9.76. The molecule has 0 N–H and O–H groups in total. The van der Waals surface area contributed by atoms with Crippen LogP contribution in [0.15, 0.2) is 47.1 Å². The third-order valence-corrected chi connectivity index (χ3v) is 7.64. The zero-order valence-electron chi connectivity index (χ0n) is 19.1. The summed E-state index contributed by atoms with van der Waals surface area (Å²) in [5, 5.41) is 0. The molecule has 1 aliphatic carbocycles. The van der Waals surface area contributed by atoms with Crippen LogP contribution in [0.1, 0.15) is 86.8 Å². The van der Waals surface area contributed by atoms with E-state index in [0.717, 1.165) is 18.4 Å². The third kappa shape index (κ3) is 6.77. The summed E-state index contributed by atoms with van der Waals surface area (Å²) in [6, 6.07) is 7.03. The Hall–Kier alpha value is -2.10. The Balaban J connectivity index is 1.68. The van der Waals surface area contributed by atoms with E-state index >= 15 is 0 Å². The van der Waals surface area contributed by atoms with E-state index in [1.165, 1.54) is 12.1 Å². The van der Waals surface area contributed by atoms with E-state index in [0.29, 0.717) is 44.2 Å². The maximum absolute atomic E-state index is 14.3. The molecule has 0 spiro atoms. The third-order valence-electron chi connectivity index (χ3n) is 6.48. The number of halogens is 9. The SMILES string of the molecule is CCCCC/C(F)=C(\F)c1ccc(C2CCC(c3cc(F)c(S(F)(F)(F)(F)F)c(F)c3)CC2)cc1. The predicted octanol–water partition coefficient (Wildman–Crippen LogP) is 11.3. The molecule has 2 aromatic rings. The first-order valence-corrected chi connectivity index (χ1v) is 13.4. The van der Waals surface area contributed by atoms with E-state index in [-0.39, 0.29) is 23.5 Å². The number of hydrogen-bond acceptors (Lipinski definition) is 0. The molecule has 0 radical (unpaired) electrons. The van der Waals surface area contributed by atoms with Crippen LogP contribution in [0.3, 0.4) is 0 Å². The second kappa shape index (κ2) is 9.41. The highest BCUT2D eigenvalue weighted by Crippen LogP contribution is 3.02. The molecule has 0 aliphatic heterocycles. The Kier molecular flexibility index (Phi) is 7.39. The van der Waals surface area contributed by atoms with E-state index in [4.69, 9.17) is 0 Å². The van der Waals surface area contributed by atoms with E-state index in [9.17, 15) is 37.0 Å². The molecule has 0 heterocycles. The standard InChI is InChI=1S/C25H27F9S/c1-2-3-4-5-21(26)24(29)19-12-10-17(11-13-19)16-6-8-18(9-7-16)20-14-22(27)25(23(28)15-20)35(30,31,32,33)34/h10-16,18H,2-9H2,1H3/b24-21+. The summed E-state index contributed by atoms with van der Waals surface area (Å²) in [6.45, 7) is 1.96. The van der Waals surface area contributed by atoms with Crippen molar-refractivity contribution in [2.24, 2.45) is 0 Å². The predicted molar refractivity (Wildman–Crippen MR) is 121 cm³/mol. The lowest BCUT2D eigenvalue weighted by molar-refractivity contribution is 0.343. The summed E-state index contributed by atoms with van der Waals surface area (Å²) in [5.41, 5.74) is 0.900. The van der Waals surface area contributed by atoms with Crippen LogP contribution in [-0.4, -0.2) is 0 Å². The van der Waals surface area contributed by atoms with Crippen LogP contribution in [0.2, 0.25) is 0 Å². The van der Waals surface area contributed by atoms with Crippen molar-refractivity contribution in [3.63, 3.8) is 0 Å². The zero-order chi connectivity index (χ0) is 26.1. The van der Waals surface area contributed by atoms with Gasteiger partial charge in [-0.15, -0.1) is 0 Å². The van der Waals surface area contributed by atoms with Gasteiger partial charge in [0.2, 0.25) is 0 Å². The van der Waals surface area contributed by atoms with Gasteiger partial charge in [-0.2, -0.15) is 0 Å². The molecule has 0 atom stereocenters. The van der Waals surface area contributed by atoms with Gasteiger partial charge < -0.3 is 0 Å². The molecular formula is C25H27F9S. The first-order valence-electron chi connectivity index (χ1n) is 11.5. The van der Waals surface area contributed by atoms with Crippen LogP contribution in [0.25, 0.3) is 5.83 Å². The highest BCUT2D eigenvalue weighted by Gasteiger charge is 2.68. The van der Waals surface area contributed by atoms with Gasteiger partial charge in [0.1, 0.15) is 17.5 Å². The molecule has 0 amide bonds. The number of rotatable bonds is 8. The van der Waals surface area contributed by atoms with Gasteiger partial charge in [0.05, 0.1) is 0 Å². The maximum atomic E-state index is 14.3. The molecule has 0 nitrogen and oxygen atoms in total. The smallest absolute Gasteiger partial charge is 0.209 e. The van der Waals surface area contributed by atoms with Gasteiger partial charge in [0.25, 0.3) is 0 Å². The van der Waals surface area contributed by atoms with Crippen molar-refractivity contribution in [1.29, 1.82) is 0 Å². The average molecular weight is 531 g/mol. The molecule has 10 heteroatoms. The summed E-state index contributed by atoms with van der Waals surface area (Å²) in [7, 11) is -10.5. The lowest BCUT2D eigenvalue weighted by Crippen LogP contribution is -2.15. The Labute approximate surface area is 198 Å². The van der Waals surface area contributed by atoms with E-state index < -0.39 is 44.3 Å². The Bertz CT molecular complexity index is 1060. The van der Waals surface area contributed by atoms with Crippen molar-refractivity contribution in [1.82, 2.24) is 0 Å². The molecular weight excluding hydrogens is 503 g/mol. The van der Waals surface area contributed by atoms with Crippen molar-refractivity contribution in [3.05, 3.63) is 70.5 Å². The van der Waals surface area contributed by atoms with Gasteiger partial charge in [-0.3, -0.25) is 0 Å². The van der Waals surface area contributed by atoms with Gasteiger partial charge in [-0.05, 0) is 67.2 Å². The highest BCUT2D eigenvalue weighted by atomic mass is 32.5. The van der Waals surface area contributed by atoms with Gasteiger partial charge in [0, 0.05) is 12.0 Å². The highest BCUT2D eigenvalue weighted by molar-refractivity contribution is 8.45. The van der Waals surface area contributed by atoms with Crippen molar-refractivity contribution >= 4 is 16.1 Å². The van der Waals surface area contributed by atoms with Crippen molar-refractivity contribution in [3.8, 4) is 0 Å². The first kappa shape index (κ1) is 27.5. The molecule has 1 fully saturated rings. The normalized spacial score (nSPS) is 21.8. The molecule has 0 bridgehead atoms. The summed E-state index contributed by atoms with van der Waals surface area (Å²) in [6.07, 6.45) is 4.11. The van der Waals surface area contributed by atoms with Crippen molar-refractivity contribution < 1.29 is 37.0 Å². The molecule has 0 saturated heterocycles. The maximum Gasteiger partial charge on any atom is 0.315 e. The van der Waals surface area contributed by atoms with Crippen LogP contribution in [-0.2, 0) is 0 Å². The topological polar surface area (TPSA) is 0 Å². The number of hydrogen-bond donors (Lipinski definition) is 0. The van der Waals surface area contributed by atoms with E-state index in [2.05, 4.69) is 0 Å². The Morgan fingerprint density at radius 2 is 1.26 bits per heavy atom. The van der Waals surface area contributed by atoms with Crippen LogP contribution in [0.4, 0.5) is 37.0 Å². The largest absolute Gasteiger partial charge is 0.315 e. The minimum absolute atomic E-state index is 0.0143. The minimum atomic E-state index is -10.5. The Morgan fingerprint density at radius 1 is 0.771 bits per heavy atom. The molecule has 35 heavy (non-hydrogen) atoms. The van der Waals surface area contributed by atoms with E-state index in [1.54, 1.807) is 12.1 Å². The second-order valence-electron chi connectivity index (χ2n) is 9.13. The molecule has 196 valence electrons. The molecule has 1 aliphatic rings. The summed E-state index contributed by atoms with van der Waals surface area (Å²) in [5.74, 6) is -6.78. The molecule has 3 rings (SSSR count). The van der Waals surface area contributed by atoms with Gasteiger partial charge in [-0.1, -0.05) is 63.5 Å². The number of benzene rings is 2. The van der Waals surface area contributed by atoms with Crippen LogP contribution >= 0.6 is 10.2 Å². The fourth-order valence-electron chi connectivity index (χ4n) is 4.64. The fourth-order valence-corrected chi connectivity index (χ4v) is 5.50. The molecule has 0 unspecified atom stereocenters. The summed E-state index contributed by atoms with van der Waals surface area (Å²) >= 11 is 0. The monoisotopic (exact) mass is 530 g/mol. The van der Waals surface area contributed by atoms with Crippen molar-refractivity contribution in [2.75, 3.05) is 0 Å². The zero-order valence-corrected chi connectivity index (χ0v) is 19.9. The average Bonchev–Trinajstić information content (AvgIpc) is 2.76. The van der Waals surface area contributed by atoms with Crippen LogP contribution < -0.4 is 0 Å². The fraction of sp³-hybridized carbons (Fsp3) is 0.440. The second-order valence-corrected chi connectivity index (χ2v) is 11.5. The summed E-state index contributed by atoms with van der Waals surface area (Å²) in [4.78, 5) is -3.11. The van der Waals surface area contributed by atoms with Crippen LogP contribution in [0.5, 0.6) is 0 Å². The molecule has 0 aromatic heterocycles. The quantitative estimate of drug-likeness (QED) is 0.235. The van der Waals surface area contributed by atoms with E-state index in [1.807, 2.05) is 6.92 Å². The Morgan fingerprint density at radius 3 is 1.71 bits per heavy atom.